The summed E-state index contributed by atoms with van der Waals surface area (Å²) in [6.45, 7) is 6.34. The van der Waals surface area contributed by atoms with Crippen molar-refractivity contribution >= 4 is 0 Å². The fourth-order valence-electron chi connectivity index (χ4n) is 0.966. The van der Waals surface area contributed by atoms with Crippen LogP contribution in [0, 0.1) is 5.92 Å². The number of hydrogen-bond acceptors (Lipinski definition) is 1. The molecule has 1 nitrogen and oxygen atoms in total. The molecule has 0 aliphatic carbocycles. The van der Waals surface area contributed by atoms with Crippen molar-refractivity contribution in [3.63, 3.8) is 0 Å². The van der Waals surface area contributed by atoms with Gasteiger partial charge < -0.3 is 5.11 Å². The Morgan fingerprint density at radius 1 is 1.20 bits per heavy atom. The molecular weight excluding hydrogens is 124 g/mol. The van der Waals surface area contributed by atoms with Crippen LogP contribution in [0.25, 0.3) is 0 Å². The highest BCUT2D eigenvalue weighted by atomic mass is 16.3. The molecule has 0 aromatic carbocycles. The van der Waals surface area contributed by atoms with E-state index >= 15 is 0 Å². The first-order valence-electron chi connectivity index (χ1n) is 4.34. The van der Waals surface area contributed by atoms with Crippen molar-refractivity contribution in [3.05, 3.63) is 0 Å². The zero-order chi connectivity index (χ0) is 7.98. The number of aliphatic hydroxyl groups excluding tert-OH is 1. The molecule has 0 fully saturated rings. The van der Waals surface area contributed by atoms with Gasteiger partial charge in [0, 0.05) is 0 Å². The molecule has 0 amide bonds. The molecule has 62 valence electrons. The normalized spacial score (nSPS) is 16.8. The van der Waals surface area contributed by atoms with Gasteiger partial charge in [0.25, 0.3) is 0 Å². The molecule has 0 spiro atoms. The van der Waals surface area contributed by atoms with E-state index in [1.54, 1.807) is 0 Å². The molecule has 2 atom stereocenters. The van der Waals surface area contributed by atoms with Crippen molar-refractivity contribution in [1.82, 2.24) is 0 Å². The Balaban J connectivity index is 3.03. The highest BCUT2D eigenvalue weighted by Gasteiger charge is 1.99. The van der Waals surface area contributed by atoms with Gasteiger partial charge in [0.1, 0.15) is 0 Å². The molecular formula is C9H20O. The van der Waals surface area contributed by atoms with Crippen LogP contribution in [0.4, 0.5) is 0 Å². The van der Waals surface area contributed by atoms with Crippen molar-refractivity contribution < 1.29 is 5.11 Å². The standard InChI is InChI=1S/C9H20O/c1-4-8(2)6-5-7-9(3)10/h8-10H,4-7H2,1-3H3/t8-,9-/m0/s1. The molecule has 0 rings (SSSR count). The smallest absolute Gasteiger partial charge is 0.0512 e. The first-order chi connectivity index (χ1) is 4.66. The fourth-order valence-corrected chi connectivity index (χ4v) is 0.966. The lowest BCUT2D eigenvalue weighted by molar-refractivity contribution is 0.178. The van der Waals surface area contributed by atoms with E-state index in [0.29, 0.717) is 0 Å². The zero-order valence-electron chi connectivity index (χ0n) is 7.43. The summed E-state index contributed by atoms with van der Waals surface area (Å²) in [7, 11) is 0. The molecule has 0 aliphatic rings. The molecule has 0 unspecified atom stereocenters. The van der Waals surface area contributed by atoms with Crippen LogP contribution in [0.3, 0.4) is 0 Å². The molecule has 0 aliphatic heterocycles. The van der Waals surface area contributed by atoms with E-state index in [0.717, 1.165) is 12.3 Å². The monoisotopic (exact) mass is 144 g/mol. The molecule has 0 aromatic rings. The van der Waals surface area contributed by atoms with Gasteiger partial charge in [-0.25, -0.2) is 0 Å². The second kappa shape index (κ2) is 5.72. The van der Waals surface area contributed by atoms with Crippen LogP contribution in [-0.2, 0) is 0 Å². The van der Waals surface area contributed by atoms with Gasteiger partial charge >= 0.3 is 0 Å². The van der Waals surface area contributed by atoms with Crippen LogP contribution in [0.2, 0.25) is 0 Å². The highest BCUT2D eigenvalue weighted by Crippen LogP contribution is 2.11. The Bertz CT molecular complexity index is 69.1. The number of hydrogen-bond donors (Lipinski definition) is 1. The molecule has 0 radical (unpaired) electrons. The Labute approximate surface area is 64.5 Å². The first kappa shape index (κ1) is 9.96. The lowest BCUT2D eigenvalue weighted by Gasteiger charge is -2.08. The van der Waals surface area contributed by atoms with Crippen molar-refractivity contribution in [2.45, 2.75) is 52.6 Å². The highest BCUT2D eigenvalue weighted by molar-refractivity contribution is 4.53. The maximum Gasteiger partial charge on any atom is 0.0512 e. The van der Waals surface area contributed by atoms with Crippen LogP contribution < -0.4 is 0 Å². The van der Waals surface area contributed by atoms with Crippen molar-refractivity contribution in [2.24, 2.45) is 5.92 Å². The minimum Gasteiger partial charge on any atom is -0.393 e. The van der Waals surface area contributed by atoms with E-state index in [4.69, 9.17) is 5.11 Å². The minimum absolute atomic E-state index is 0.107. The lowest BCUT2D eigenvalue weighted by atomic mass is 10.0. The van der Waals surface area contributed by atoms with E-state index < -0.39 is 0 Å². The molecule has 0 heterocycles. The molecule has 1 heteroatoms. The molecule has 0 aromatic heterocycles. The SMILES string of the molecule is CC[C@H](C)CCC[C@H](C)O. The predicted octanol–water partition coefficient (Wildman–Crippen LogP) is 2.58. The summed E-state index contributed by atoms with van der Waals surface area (Å²) >= 11 is 0. The van der Waals surface area contributed by atoms with Crippen molar-refractivity contribution in [2.75, 3.05) is 0 Å². The molecule has 0 saturated carbocycles. The summed E-state index contributed by atoms with van der Waals surface area (Å²) in [5.74, 6) is 0.832. The summed E-state index contributed by atoms with van der Waals surface area (Å²) in [6.07, 6.45) is 4.56. The topological polar surface area (TPSA) is 20.2 Å². The quantitative estimate of drug-likeness (QED) is 0.628. The maximum atomic E-state index is 8.94. The van der Waals surface area contributed by atoms with Gasteiger partial charge in [-0.05, 0) is 19.3 Å². The van der Waals surface area contributed by atoms with E-state index in [1.165, 1.54) is 19.3 Å². The van der Waals surface area contributed by atoms with Crippen LogP contribution in [0.15, 0.2) is 0 Å². The average Bonchev–Trinajstić information content (AvgIpc) is 1.87. The third kappa shape index (κ3) is 6.09. The van der Waals surface area contributed by atoms with Gasteiger partial charge in [-0.3, -0.25) is 0 Å². The third-order valence-electron chi connectivity index (χ3n) is 2.02. The average molecular weight is 144 g/mol. The van der Waals surface area contributed by atoms with E-state index in [-0.39, 0.29) is 6.10 Å². The van der Waals surface area contributed by atoms with Gasteiger partial charge in [0.15, 0.2) is 0 Å². The Kier molecular flexibility index (Phi) is 5.70. The summed E-state index contributed by atoms with van der Waals surface area (Å²) in [6, 6.07) is 0. The van der Waals surface area contributed by atoms with Gasteiger partial charge in [-0.2, -0.15) is 0 Å². The van der Waals surface area contributed by atoms with Crippen LogP contribution in [-0.4, -0.2) is 11.2 Å². The second-order valence-corrected chi connectivity index (χ2v) is 3.29. The van der Waals surface area contributed by atoms with Gasteiger partial charge in [0.2, 0.25) is 0 Å². The van der Waals surface area contributed by atoms with Gasteiger partial charge in [-0.15, -0.1) is 0 Å². The summed E-state index contributed by atoms with van der Waals surface area (Å²) < 4.78 is 0. The van der Waals surface area contributed by atoms with Crippen molar-refractivity contribution in [1.29, 1.82) is 0 Å². The maximum absolute atomic E-state index is 8.94. The van der Waals surface area contributed by atoms with Gasteiger partial charge in [0.05, 0.1) is 6.10 Å². The van der Waals surface area contributed by atoms with Crippen LogP contribution >= 0.6 is 0 Å². The molecule has 0 bridgehead atoms. The molecule has 1 N–H and O–H groups in total. The number of aliphatic hydroxyl groups is 1. The van der Waals surface area contributed by atoms with E-state index in [9.17, 15) is 0 Å². The molecule has 0 saturated heterocycles. The first-order valence-corrected chi connectivity index (χ1v) is 4.34. The van der Waals surface area contributed by atoms with Crippen LogP contribution in [0.5, 0.6) is 0 Å². The zero-order valence-corrected chi connectivity index (χ0v) is 7.43. The Morgan fingerprint density at radius 2 is 1.80 bits per heavy atom. The summed E-state index contributed by atoms with van der Waals surface area (Å²) in [4.78, 5) is 0. The fraction of sp³-hybridized carbons (Fsp3) is 1.00. The van der Waals surface area contributed by atoms with E-state index in [1.807, 2.05) is 6.92 Å². The largest absolute Gasteiger partial charge is 0.393 e. The second-order valence-electron chi connectivity index (χ2n) is 3.29. The third-order valence-corrected chi connectivity index (χ3v) is 2.02. The number of rotatable bonds is 5. The minimum atomic E-state index is -0.107. The van der Waals surface area contributed by atoms with E-state index in [2.05, 4.69) is 13.8 Å². The van der Waals surface area contributed by atoms with Gasteiger partial charge in [-0.1, -0.05) is 33.1 Å². The predicted molar refractivity (Wildman–Crippen MR) is 45.0 cm³/mol. The lowest BCUT2D eigenvalue weighted by Crippen LogP contribution is -2.00. The summed E-state index contributed by atoms with van der Waals surface area (Å²) in [5.41, 5.74) is 0. The Morgan fingerprint density at radius 3 is 2.20 bits per heavy atom. The van der Waals surface area contributed by atoms with Crippen LogP contribution in [0.1, 0.15) is 46.5 Å². The Hall–Kier alpha value is -0.0400. The molecule has 10 heavy (non-hydrogen) atoms. The van der Waals surface area contributed by atoms with Crippen molar-refractivity contribution in [3.8, 4) is 0 Å². The summed E-state index contributed by atoms with van der Waals surface area (Å²) in [5, 5.41) is 8.94.